The molecule has 1 atom stereocenters. The molecule has 3 nitrogen and oxygen atoms in total. The Balaban J connectivity index is 1.84. The molecule has 0 saturated carbocycles. The summed E-state index contributed by atoms with van der Waals surface area (Å²) in [6.45, 7) is 0. The number of benzene rings is 2. The van der Waals surface area contributed by atoms with Crippen LogP contribution in [0.3, 0.4) is 0 Å². The average molecular weight is 340 g/mol. The molecule has 2 aromatic rings. The predicted octanol–water partition coefficient (Wildman–Crippen LogP) is 5.02. The molecule has 2 aliphatic rings. The fourth-order valence-corrected chi connectivity index (χ4v) is 3.81. The van der Waals surface area contributed by atoms with Crippen molar-refractivity contribution in [3.8, 4) is 6.07 Å². The van der Waals surface area contributed by atoms with Crippen LogP contribution in [0, 0.1) is 11.3 Å². The van der Waals surface area contributed by atoms with Gasteiger partial charge in [0, 0.05) is 5.92 Å². The molecule has 0 fully saturated rings. The molecule has 0 amide bonds. The van der Waals surface area contributed by atoms with Crippen molar-refractivity contribution in [2.75, 3.05) is 0 Å². The van der Waals surface area contributed by atoms with Crippen molar-refractivity contribution in [1.82, 2.24) is 0 Å². The quantitative estimate of drug-likeness (QED) is 0.835. The third kappa shape index (κ3) is 2.91. The summed E-state index contributed by atoms with van der Waals surface area (Å²) in [5.41, 5.74) is 11.2. The number of hydrogen-bond donors (Lipinski definition) is 1. The molecule has 0 spiro atoms. The van der Waals surface area contributed by atoms with Crippen molar-refractivity contribution in [3.63, 3.8) is 0 Å². The molecule has 26 heavy (non-hydrogen) atoms. The summed E-state index contributed by atoms with van der Waals surface area (Å²) in [7, 11) is 0. The van der Waals surface area contributed by atoms with Crippen LogP contribution >= 0.6 is 0 Å². The van der Waals surface area contributed by atoms with Gasteiger partial charge < -0.3 is 10.5 Å². The number of hydrogen-bond acceptors (Lipinski definition) is 3. The molecule has 0 unspecified atom stereocenters. The molecule has 2 aromatic carbocycles. The first-order valence-corrected chi connectivity index (χ1v) is 8.89. The monoisotopic (exact) mass is 340 g/mol. The van der Waals surface area contributed by atoms with Gasteiger partial charge in [-0.1, -0.05) is 60.7 Å². The maximum Gasteiger partial charge on any atom is 0.205 e. The lowest BCUT2D eigenvalue weighted by Gasteiger charge is -2.33. The molecule has 0 radical (unpaired) electrons. The number of nitrogens with zero attached hydrogens (tertiary/aromatic N) is 1. The number of allylic oxidation sites excluding steroid dienone is 3. The summed E-state index contributed by atoms with van der Waals surface area (Å²) in [5, 5.41) is 9.68. The highest BCUT2D eigenvalue weighted by Gasteiger charge is 2.35. The van der Waals surface area contributed by atoms with E-state index in [9.17, 15) is 5.26 Å². The molecule has 128 valence electrons. The van der Waals surface area contributed by atoms with Gasteiger partial charge in [-0.2, -0.15) is 5.26 Å². The van der Waals surface area contributed by atoms with E-state index in [2.05, 4.69) is 36.4 Å². The Kier molecular flexibility index (Phi) is 4.33. The van der Waals surface area contributed by atoms with E-state index < -0.39 is 0 Å². The topological polar surface area (TPSA) is 59.0 Å². The summed E-state index contributed by atoms with van der Waals surface area (Å²) in [5.74, 6) is 0.954. The molecule has 0 bridgehead atoms. The van der Waals surface area contributed by atoms with Crippen LogP contribution in [0.1, 0.15) is 36.3 Å². The first kappa shape index (κ1) is 16.2. The van der Waals surface area contributed by atoms with Gasteiger partial charge in [-0.05, 0) is 47.6 Å². The van der Waals surface area contributed by atoms with E-state index in [1.54, 1.807) is 0 Å². The molecule has 1 aliphatic heterocycles. The van der Waals surface area contributed by atoms with Gasteiger partial charge in [0.1, 0.15) is 17.4 Å². The molecule has 0 saturated heterocycles. The highest BCUT2D eigenvalue weighted by atomic mass is 16.5. The molecule has 1 aliphatic carbocycles. The number of nitriles is 1. The standard InChI is InChI=1S/C23H20N2O/c24-15-20-21(17-10-5-2-6-11-17)19-13-7-12-18(22(19)26-23(20)25)14-16-8-3-1-4-9-16/h1-6,8-11,14,21H,7,12-13,25H2/b18-14+/t21-/m0/s1. The fraction of sp³-hybridized carbons (Fsp3) is 0.174. The molecule has 1 heterocycles. The van der Waals surface area contributed by atoms with Crippen LogP contribution in [0.5, 0.6) is 0 Å². The van der Waals surface area contributed by atoms with Crippen LogP contribution in [-0.4, -0.2) is 0 Å². The third-order valence-corrected chi connectivity index (χ3v) is 4.98. The van der Waals surface area contributed by atoms with E-state index >= 15 is 0 Å². The minimum Gasteiger partial charge on any atom is -0.440 e. The Morgan fingerprint density at radius 2 is 1.69 bits per heavy atom. The lowest BCUT2D eigenvalue weighted by molar-refractivity contribution is 0.277. The zero-order valence-electron chi connectivity index (χ0n) is 14.5. The van der Waals surface area contributed by atoms with E-state index in [0.29, 0.717) is 5.57 Å². The van der Waals surface area contributed by atoms with Gasteiger partial charge >= 0.3 is 0 Å². The normalized spacial score (nSPS) is 21.2. The summed E-state index contributed by atoms with van der Waals surface area (Å²) in [6, 6.07) is 22.6. The Bertz CT molecular complexity index is 947. The summed E-state index contributed by atoms with van der Waals surface area (Å²) >= 11 is 0. The van der Waals surface area contributed by atoms with Crippen LogP contribution < -0.4 is 5.73 Å². The molecular formula is C23H20N2O. The predicted molar refractivity (Wildman–Crippen MR) is 102 cm³/mol. The number of nitrogens with two attached hydrogens (primary N) is 1. The van der Waals surface area contributed by atoms with Crippen molar-refractivity contribution in [3.05, 3.63) is 100 Å². The second-order valence-electron chi connectivity index (χ2n) is 6.62. The highest BCUT2D eigenvalue weighted by Crippen LogP contribution is 2.46. The van der Waals surface area contributed by atoms with Crippen molar-refractivity contribution in [2.24, 2.45) is 5.73 Å². The van der Waals surface area contributed by atoms with Gasteiger partial charge in [0.15, 0.2) is 0 Å². The molecule has 3 heteroatoms. The maximum atomic E-state index is 9.68. The lowest BCUT2D eigenvalue weighted by atomic mass is 9.77. The van der Waals surface area contributed by atoms with E-state index in [0.717, 1.165) is 47.3 Å². The fourth-order valence-electron chi connectivity index (χ4n) is 3.81. The molecular weight excluding hydrogens is 320 g/mol. The highest BCUT2D eigenvalue weighted by molar-refractivity contribution is 5.62. The zero-order chi connectivity index (χ0) is 17.9. The van der Waals surface area contributed by atoms with Gasteiger partial charge in [-0.15, -0.1) is 0 Å². The Morgan fingerprint density at radius 1 is 1.00 bits per heavy atom. The zero-order valence-corrected chi connectivity index (χ0v) is 14.5. The van der Waals surface area contributed by atoms with Crippen LogP contribution in [0.4, 0.5) is 0 Å². The minimum atomic E-state index is -0.121. The second-order valence-corrected chi connectivity index (χ2v) is 6.62. The van der Waals surface area contributed by atoms with Gasteiger partial charge in [0.2, 0.25) is 5.88 Å². The van der Waals surface area contributed by atoms with E-state index in [-0.39, 0.29) is 11.8 Å². The van der Waals surface area contributed by atoms with Crippen molar-refractivity contribution >= 4 is 6.08 Å². The summed E-state index contributed by atoms with van der Waals surface area (Å²) < 4.78 is 5.98. The van der Waals surface area contributed by atoms with Gasteiger partial charge in [0.05, 0.1) is 0 Å². The van der Waals surface area contributed by atoms with Crippen molar-refractivity contribution < 1.29 is 4.74 Å². The molecule has 4 rings (SSSR count). The smallest absolute Gasteiger partial charge is 0.205 e. The van der Waals surface area contributed by atoms with E-state index in [1.807, 2.05) is 36.4 Å². The minimum absolute atomic E-state index is 0.121. The van der Waals surface area contributed by atoms with Gasteiger partial charge in [-0.3, -0.25) is 0 Å². The van der Waals surface area contributed by atoms with E-state index in [4.69, 9.17) is 10.5 Å². The van der Waals surface area contributed by atoms with Crippen LogP contribution in [0.2, 0.25) is 0 Å². The summed E-state index contributed by atoms with van der Waals surface area (Å²) in [6.07, 6.45) is 5.08. The van der Waals surface area contributed by atoms with Crippen molar-refractivity contribution in [1.29, 1.82) is 5.26 Å². The van der Waals surface area contributed by atoms with Crippen LogP contribution in [0.25, 0.3) is 6.08 Å². The average Bonchev–Trinajstić information content (AvgIpc) is 2.69. The van der Waals surface area contributed by atoms with Crippen LogP contribution in [0.15, 0.2) is 89.0 Å². The first-order valence-electron chi connectivity index (χ1n) is 8.89. The van der Waals surface area contributed by atoms with Gasteiger partial charge in [-0.25, -0.2) is 0 Å². The second kappa shape index (κ2) is 6.93. The Hall–Kier alpha value is -3.25. The SMILES string of the molecule is N#CC1=C(N)OC2=C(CCC/C2=C\c2ccccc2)[C@@H]1c1ccccc1. The Morgan fingerprint density at radius 3 is 2.38 bits per heavy atom. The van der Waals surface area contributed by atoms with Crippen LogP contribution in [-0.2, 0) is 4.74 Å². The summed E-state index contributed by atoms with van der Waals surface area (Å²) in [4.78, 5) is 0. The van der Waals surface area contributed by atoms with Gasteiger partial charge in [0.25, 0.3) is 0 Å². The molecule has 0 aromatic heterocycles. The lowest BCUT2D eigenvalue weighted by Crippen LogP contribution is -2.23. The van der Waals surface area contributed by atoms with Crippen molar-refractivity contribution in [2.45, 2.75) is 25.2 Å². The Labute approximate surface area is 153 Å². The number of rotatable bonds is 2. The third-order valence-electron chi connectivity index (χ3n) is 4.98. The largest absolute Gasteiger partial charge is 0.440 e. The maximum absolute atomic E-state index is 9.68. The molecule has 2 N–H and O–H groups in total. The first-order chi connectivity index (χ1) is 12.8. The van der Waals surface area contributed by atoms with E-state index in [1.165, 1.54) is 0 Å². The number of ether oxygens (including phenoxy) is 1.